The fourth-order valence-corrected chi connectivity index (χ4v) is 8.89. The standard InChI is InChI=1S/C30H24O6P2/c1-31-21-9-3-11-23(37(25-13-5-17-33-25)26-14-6-18-34-26)29(21)30-22(32-2)10-4-12-24(30)38(27-15-7-19-35-27)28-16-8-20-36-28/h3-20H,1-2H3. The second-order valence-corrected chi connectivity index (χ2v) is 12.3. The van der Waals surface area contributed by atoms with Gasteiger partial charge in [-0.1, -0.05) is 24.3 Å². The first-order chi connectivity index (χ1) is 18.8. The smallest absolute Gasteiger partial charge is 0.137 e. The zero-order valence-corrected chi connectivity index (χ0v) is 22.5. The van der Waals surface area contributed by atoms with Crippen molar-refractivity contribution in [1.29, 1.82) is 0 Å². The van der Waals surface area contributed by atoms with E-state index in [4.69, 9.17) is 27.1 Å². The molecule has 6 nitrogen and oxygen atoms in total. The Labute approximate surface area is 222 Å². The van der Waals surface area contributed by atoms with Crippen molar-refractivity contribution in [2.75, 3.05) is 14.2 Å². The van der Waals surface area contributed by atoms with Gasteiger partial charge in [0.2, 0.25) is 0 Å². The predicted molar refractivity (Wildman–Crippen MR) is 151 cm³/mol. The second-order valence-electron chi connectivity index (χ2n) is 8.18. The molecule has 0 aliphatic heterocycles. The Morgan fingerprint density at radius 3 is 1.05 bits per heavy atom. The van der Waals surface area contributed by atoms with Gasteiger partial charge in [0.25, 0.3) is 0 Å². The fraction of sp³-hybridized carbons (Fsp3) is 0.0667. The second kappa shape index (κ2) is 10.8. The number of benzene rings is 2. The molecule has 38 heavy (non-hydrogen) atoms. The molecule has 190 valence electrons. The van der Waals surface area contributed by atoms with Crippen LogP contribution in [0, 0.1) is 0 Å². The lowest BCUT2D eigenvalue weighted by molar-refractivity contribution is 0.411. The number of rotatable bonds is 9. The number of hydrogen-bond donors (Lipinski definition) is 0. The van der Waals surface area contributed by atoms with E-state index in [9.17, 15) is 0 Å². The molecule has 0 saturated heterocycles. The zero-order chi connectivity index (χ0) is 25.9. The molecule has 0 spiro atoms. The molecule has 0 unspecified atom stereocenters. The number of furan rings is 4. The third-order valence-electron chi connectivity index (χ3n) is 6.09. The van der Waals surface area contributed by atoms with E-state index in [1.54, 1.807) is 39.3 Å². The number of hydrogen-bond acceptors (Lipinski definition) is 6. The lowest BCUT2D eigenvalue weighted by Gasteiger charge is -2.25. The Bertz CT molecular complexity index is 1400. The summed E-state index contributed by atoms with van der Waals surface area (Å²) in [4.78, 5) is 0. The highest BCUT2D eigenvalue weighted by molar-refractivity contribution is 7.80. The van der Waals surface area contributed by atoms with Gasteiger partial charge in [0.15, 0.2) is 0 Å². The van der Waals surface area contributed by atoms with E-state index in [2.05, 4.69) is 12.1 Å². The van der Waals surface area contributed by atoms with E-state index in [-0.39, 0.29) is 0 Å². The molecule has 0 N–H and O–H groups in total. The first-order valence-electron chi connectivity index (χ1n) is 11.9. The van der Waals surface area contributed by atoms with Crippen LogP contribution in [-0.4, -0.2) is 14.2 Å². The van der Waals surface area contributed by atoms with Crippen molar-refractivity contribution in [2.45, 2.75) is 0 Å². The molecule has 0 atom stereocenters. The Morgan fingerprint density at radius 2 is 0.789 bits per heavy atom. The summed E-state index contributed by atoms with van der Waals surface area (Å²) in [7, 11) is 0.993. The van der Waals surface area contributed by atoms with Gasteiger partial charge in [0.1, 0.15) is 33.5 Å². The van der Waals surface area contributed by atoms with Crippen LogP contribution in [0.5, 0.6) is 11.5 Å². The topological polar surface area (TPSA) is 71.0 Å². The molecule has 4 aromatic heterocycles. The molecule has 4 heterocycles. The zero-order valence-electron chi connectivity index (χ0n) is 20.7. The Balaban J connectivity index is 1.67. The van der Waals surface area contributed by atoms with Crippen LogP contribution in [0.3, 0.4) is 0 Å². The minimum absolute atomic E-state index is 0.715. The maximum Gasteiger partial charge on any atom is 0.137 e. The third kappa shape index (κ3) is 4.36. The van der Waals surface area contributed by atoms with E-state index in [0.717, 1.165) is 43.7 Å². The SMILES string of the molecule is COc1cccc(P(c2ccco2)c2ccco2)c1-c1c(OC)cccc1P(c1ccco1)c1ccco1. The predicted octanol–water partition coefficient (Wildman–Crippen LogP) is 5.26. The fourth-order valence-electron chi connectivity index (χ4n) is 4.54. The van der Waals surface area contributed by atoms with Gasteiger partial charge in [0.05, 0.1) is 55.1 Å². The quantitative estimate of drug-likeness (QED) is 0.232. The van der Waals surface area contributed by atoms with Gasteiger partial charge in [-0.3, -0.25) is 0 Å². The normalized spacial score (nSPS) is 11.4. The number of ether oxygens (including phenoxy) is 2. The van der Waals surface area contributed by atoms with Gasteiger partial charge in [-0.2, -0.15) is 0 Å². The van der Waals surface area contributed by atoms with Crippen molar-refractivity contribution < 1.29 is 27.1 Å². The van der Waals surface area contributed by atoms with E-state index in [1.807, 2.05) is 72.8 Å². The van der Waals surface area contributed by atoms with E-state index >= 15 is 0 Å². The van der Waals surface area contributed by atoms with Gasteiger partial charge >= 0.3 is 0 Å². The van der Waals surface area contributed by atoms with Crippen molar-refractivity contribution in [3.05, 3.63) is 110 Å². The largest absolute Gasteiger partial charge is 0.496 e. The minimum atomic E-state index is -1.19. The molecule has 0 saturated carbocycles. The molecule has 0 amide bonds. The summed E-state index contributed by atoms with van der Waals surface area (Å²) in [6.45, 7) is 0. The Hall–Kier alpha value is -3.98. The molecule has 0 aliphatic carbocycles. The van der Waals surface area contributed by atoms with Crippen molar-refractivity contribution in [3.8, 4) is 22.6 Å². The lowest BCUT2D eigenvalue weighted by Crippen LogP contribution is -2.25. The molecule has 8 heteroatoms. The highest BCUT2D eigenvalue weighted by Crippen LogP contribution is 2.47. The molecular formula is C30H24O6P2. The van der Waals surface area contributed by atoms with Gasteiger partial charge in [-0.05, 0) is 60.7 Å². The van der Waals surface area contributed by atoms with Crippen molar-refractivity contribution >= 4 is 48.5 Å². The Kier molecular flexibility index (Phi) is 6.92. The van der Waals surface area contributed by atoms with Crippen molar-refractivity contribution in [2.24, 2.45) is 0 Å². The van der Waals surface area contributed by atoms with Crippen LogP contribution in [0.4, 0.5) is 0 Å². The van der Waals surface area contributed by atoms with Gasteiger partial charge < -0.3 is 27.1 Å². The first-order valence-corrected chi connectivity index (χ1v) is 14.6. The summed E-state index contributed by atoms with van der Waals surface area (Å²) in [6, 6.07) is 27.7. The maximum atomic E-state index is 5.99. The molecule has 6 rings (SSSR count). The molecular weight excluding hydrogens is 518 g/mol. The summed E-state index contributed by atoms with van der Waals surface area (Å²) >= 11 is 0. The van der Waals surface area contributed by atoms with Gasteiger partial charge in [-0.15, -0.1) is 0 Å². The monoisotopic (exact) mass is 542 g/mol. The summed E-state index contributed by atoms with van der Waals surface area (Å²) < 4.78 is 35.8. The average molecular weight is 542 g/mol. The molecule has 0 aliphatic rings. The molecule has 0 radical (unpaired) electrons. The highest BCUT2D eigenvalue weighted by Gasteiger charge is 2.33. The molecule has 6 aromatic rings. The summed E-state index contributed by atoms with van der Waals surface area (Å²) in [5.74, 6) is 1.43. The van der Waals surface area contributed by atoms with E-state index in [0.29, 0.717) is 11.5 Å². The van der Waals surface area contributed by atoms with Crippen LogP contribution in [0.2, 0.25) is 0 Å². The maximum absolute atomic E-state index is 5.99. The molecule has 0 fully saturated rings. The average Bonchev–Trinajstić information content (AvgIpc) is 3.78. The van der Waals surface area contributed by atoms with Crippen LogP contribution in [0.15, 0.2) is 128 Å². The molecule has 0 bridgehead atoms. The van der Waals surface area contributed by atoms with Crippen LogP contribution < -0.4 is 42.1 Å². The van der Waals surface area contributed by atoms with Crippen molar-refractivity contribution in [3.63, 3.8) is 0 Å². The summed E-state index contributed by atoms with van der Waals surface area (Å²) in [6.07, 6.45) is 6.76. The number of methoxy groups -OCH3 is 2. The molecule has 2 aromatic carbocycles. The van der Waals surface area contributed by atoms with Crippen molar-refractivity contribution in [1.82, 2.24) is 0 Å². The van der Waals surface area contributed by atoms with Crippen LogP contribution >= 0.6 is 15.8 Å². The van der Waals surface area contributed by atoms with E-state index in [1.165, 1.54) is 0 Å². The summed E-state index contributed by atoms with van der Waals surface area (Å²) in [5, 5.41) is 2.03. The summed E-state index contributed by atoms with van der Waals surface area (Å²) in [5.41, 5.74) is 5.10. The minimum Gasteiger partial charge on any atom is -0.496 e. The third-order valence-corrected chi connectivity index (χ3v) is 10.6. The van der Waals surface area contributed by atoms with Crippen LogP contribution in [0.1, 0.15) is 0 Å². The van der Waals surface area contributed by atoms with Gasteiger partial charge in [0, 0.05) is 21.7 Å². The van der Waals surface area contributed by atoms with E-state index < -0.39 is 15.8 Å². The first kappa shape index (κ1) is 24.4. The Morgan fingerprint density at radius 1 is 0.447 bits per heavy atom. The lowest BCUT2D eigenvalue weighted by atomic mass is 10.0. The highest BCUT2D eigenvalue weighted by atomic mass is 31.1. The van der Waals surface area contributed by atoms with Gasteiger partial charge in [-0.25, -0.2) is 0 Å². The van der Waals surface area contributed by atoms with Crippen LogP contribution in [-0.2, 0) is 0 Å². The van der Waals surface area contributed by atoms with Crippen LogP contribution in [0.25, 0.3) is 11.1 Å².